The van der Waals surface area contributed by atoms with Gasteiger partial charge in [0.2, 0.25) is 5.43 Å². The number of rotatable bonds is 4. The van der Waals surface area contributed by atoms with Crippen molar-refractivity contribution in [3.05, 3.63) is 63.1 Å². The summed E-state index contributed by atoms with van der Waals surface area (Å²) in [4.78, 5) is 26.2. The molecule has 3 aromatic rings. The summed E-state index contributed by atoms with van der Waals surface area (Å²) in [5.41, 5.74) is 3.66. The number of carbonyl (C=O) groups excluding carboxylic acids is 1. The molecule has 1 saturated carbocycles. The van der Waals surface area contributed by atoms with Crippen LogP contribution >= 0.6 is 0 Å². The number of fused-ring (bicyclic) bond motifs is 1. The molecule has 0 atom stereocenters. The Kier molecular flexibility index (Phi) is 5.26. The second-order valence-electron chi connectivity index (χ2n) is 8.20. The summed E-state index contributed by atoms with van der Waals surface area (Å²) < 4.78 is 3.69. The van der Waals surface area contributed by atoms with Crippen molar-refractivity contribution in [2.45, 2.75) is 58.5 Å². The molecule has 6 heteroatoms. The number of pyridine rings is 1. The fourth-order valence-electron chi connectivity index (χ4n) is 4.33. The van der Waals surface area contributed by atoms with Gasteiger partial charge < -0.3 is 9.88 Å². The van der Waals surface area contributed by atoms with Crippen molar-refractivity contribution in [3.8, 4) is 0 Å². The molecule has 0 aliphatic heterocycles. The largest absolute Gasteiger partial charge is 0.349 e. The lowest BCUT2D eigenvalue weighted by Gasteiger charge is -2.23. The first-order valence-corrected chi connectivity index (χ1v) is 10.4. The van der Waals surface area contributed by atoms with Gasteiger partial charge in [-0.1, -0.05) is 49.1 Å². The molecule has 2 heterocycles. The molecule has 1 fully saturated rings. The van der Waals surface area contributed by atoms with Crippen LogP contribution in [0.2, 0.25) is 0 Å². The summed E-state index contributed by atoms with van der Waals surface area (Å²) >= 11 is 0. The Bertz CT molecular complexity index is 1100. The number of nitrogens with zero attached hydrogens (tertiary/aromatic N) is 3. The van der Waals surface area contributed by atoms with E-state index in [1.807, 2.05) is 18.5 Å². The highest BCUT2D eigenvalue weighted by molar-refractivity contribution is 5.97. The molecular formula is C23H28N4O2. The highest BCUT2D eigenvalue weighted by Crippen LogP contribution is 2.20. The zero-order chi connectivity index (χ0) is 20.5. The average Bonchev–Trinajstić information content (AvgIpc) is 3.01. The Morgan fingerprint density at radius 2 is 1.83 bits per heavy atom. The van der Waals surface area contributed by atoms with Gasteiger partial charge in [0.1, 0.15) is 11.2 Å². The first-order valence-electron chi connectivity index (χ1n) is 10.4. The van der Waals surface area contributed by atoms with Crippen molar-refractivity contribution >= 4 is 16.9 Å². The number of nitrogens with one attached hydrogen (secondary N) is 1. The van der Waals surface area contributed by atoms with Crippen molar-refractivity contribution in [2.75, 3.05) is 0 Å². The van der Waals surface area contributed by atoms with E-state index >= 15 is 0 Å². The maximum Gasteiger partial charge on any atom is 0.256 e. The Labute approximate surface area is 170 Å². The Hall–Kier alpha value is -2.89. The normalized spacial score (nSPS) is 15.0. The van der Waals surface area contributed by atoms with E-state index in [0.717, 1.165) is 36.9 Å². The van der Waals surface area contributed by atoms with Crippen LogP contribution in [-0.4, -0.2) is 26.3 Å². The lowest BCUT2D eigenvalue weighted by atomic mass is 9.95. The molecule has 1 N–H and O–H groups in total. The van der Waals surface area contributed by atoms with Crippen molar-refractivity contribution in [3.63, 3.8) is 0 Å². The van der Waals surface area contributed by atoms with Gasteiger partial charge >= 0.3 is 0 Å². The van der Waals surface area contributed by atoms with Crippen LogP contribution in [0.5, 0.6) is 0 Å². The average molecular weight is 393 g/mol. The predicted molar refractivity (Wildman–Crippen MR) is 114 cm³/mol. The van der Waals surface area contributed by atoms with Gasteiger partial charge in [-0.05, 0) is 32.3 Å². The summed E-state index contributed by atoms with van der Waals surface area (Å²) in [5, 5.41) is 8.06. The minimum atomic E-state index is -0.273. The molecule has 6 nitrogen and oxygen atoms in total. The molecule has 29 heavy (non-hydrogen) atoms. The number of aromatic nitrogens is 3. The molecule has 0 spiro atoms. The monoisotopic (exact) mass is 392 g/mol. The zero-order valence-corrected chi connectivity index (χ0v) is 17.4. The molecular weight excluding hydrogens is 364 g/mol. The van der Waals surface area contributed by atoms with Crippen LogP contribution in [-0.2, 0) is 13.6 Å². The summed E-state index contributed by atoms with van der Waals surface area (Å²) in [7, 11) is 1.84. The topological polar surface area (TPSA) is 68.9 Å². The summed E-state index contributed by atoms with van der Waals surface area (Å²) in [6.45, 7) is 4.45. The van der Waals surface area contributed by atoms with Gasteiger partial charge in [0.15, 0.2) is 0 Å². The van der Waals surface area contributed by atoms with Crippen LogP contribution in [0.3, 0.4) is 0 Å². The first-order chi connectivity index (χ1) is 13.9. The zero-order valence-electron chi connectivity index (χ0n) is 17.4. The lowest BCUT2D eigenvalue weighted by Crippen LogP contribution is -2.38. The van der Waals surface area contributed by atoms with Crippen LogP contribution in [0.15, 0.2) is 35.3 Å². The van der Waals surface area contributed by atoms with Crippen LogP contribution in [0.25, 0.3) is 11.0 Å². The van der Waals surface area contributed by atoms with Crippen molar-refractivity contribution in [1.82, 2.24) is 19.7 Å². The van der Waals surface area contributed by atoms with E-state index in [4.69, 9.17) is 0 Å². The number of hydrogen-bond acceptors (Lipinski definition) is 3. The van der Waals surface area contributed by atoms with Crippen LogP contribution in [0.4, 0.5) is 0 Å². The van der Waals surface area contributed by atoms with Gasteiger partial charge in [-0.15, -0.1) is 0 Å². The number of carbonyl (C=O) groups is 1. The summed E-state index contributed by atoms with van der Waals surface area (Å²) in [6, 6.07) is 8.45. The predicted octanol–water partition coefficient (Wildman–Crippen LogP) is 3.46. The second-order valence-corrected chi connectivity index (χ2v) is 8.20. The highest BCUT2D eigenvalue weighted by Gasteiger charge is 2.23. The smallest absolute Gasteiger partial charge is 0.256 e. The molecule has 0 radical (unpaired) electrons. The first kappa shape index (κ1) is 19.4. The van der Waals surface area contributed by atoms with E-state index in [9.17, 15) is 9.59 Å². The molecule has 2 aromatic heterocycles. The highest BCUT2D eigenvalue weighted by atomic mass is 16.2. The Morgan fingerprint density at radius 3 is 2.52 bits per heavy atom. The van der Waals surface area contributed by atoms with Gasteiger partial charge in [-0.3, -0.25) is 14.3 Å². The number of aryl methyl sites for hydroxylation is 3. The molecule has 1 aromatic carbocycles. The van der Waals surface area contributed by atoms with Crippen LogP contribution < -0.4 is 10.7 Å². The summed E-state index contributed by atoms with van der Waals surface area (Å²) in [5.74, 6) is -0.273. The fourth-order valence-corrected chi connectivity index (χ4v) is 4.33. The molecule has 0 unspecified atom stereocenters. The minimum Gasteiger partial charge on any atom is -0.349 e. The van der Waals surface area contributed by atoms with E-state index in [1.54, 1.807) is 10.9 Å². The third-order valence-corrected chi connectivity index (χ3v) is 5.88. The van der Waals surface area contributed by atoms with Gasteiger partial charge in [0, 0.05) is 25.8 Å². The standard InChI is InChI=1S/C23H28N4O2/c1-15-9-11-17(12-10-15)13-27-14-19(22(29)24-18-7-5-4-6-8-18)21(28)20-16(2)25-26(3)23(20)27/h9-12,14,18H,4-8,13H2,1-3H3,(H,24,29). The van der Waals surface area contributed by atoms with E-state index in [0.29, 0.717) is 17.6 Å². The molecule has 0 saturated heterocycles. The van der Waals surface area contributed by atoms with E-state index in [-0.39, 0.29) is 22.9 Å². The maximum absolute atomic E-state index is 13.2. The number of benzene rings is 1. The molecule has 1 amide bonds. The molecule has 1 aliphatic carbocycles. The van der Waals surface area contributed by atoms with E-state index < -0.39 is 0 Å². The van der Waals surface area contributed by atoms with Crippen molar-refractivity contribution < 1.29 is 4.79 Å². The molecule has 0 bridgehead atoms. The second kappa shape index (κ2) is 7.85. The van der Waals surface area contributed by atoms with Gasteiger partial charge in [0.25, 0.3) is 5.91 Å². The third-order valence-electron chi connectivity index (χ3n) is 5.88. The lowest BCUT2D eigenvalue weighted by molar-refractivity contribution is 0.0926. The quantitative estimate of drug-likeness (QED) is 0.739. The SMILES string of the molecule is Cc1ccc(Cn2cc(C(=O)NC3CCCCC3)c(=O)c3c(C)nn(C)c32)cc1. The molecule has 152 valence electrons. The van der Waals surface area contributed by atoms with E-state index in [1.165, 1.54) is 12.0 Å². The van der Waals surface area contributed by atoms with Gasteiger partial charge in [0.05, 0.1) is 11.1 Å². The third kappa shape index (κ3) is 3.84. The maximum atomic E-state index is 13.2. The van der Waals surface area contributed by atoms with Crippen molar-refractivity contribution in [2.24, 2.45) is 7.05 Å². The number of amides is 1. The number of hydrogen-bond donors (Lipinski definition) is 1. The van der Waals surface area contributed by atoms with Gasteiger partial charge in [-0.2, -0.15) is 5.10 Å². The summed E-state index contributed by atoms with van der Waals surface area (Å²) in [6.07, 6.45) is 7.14. The van der Waals surface area contributed by atoms with Gasteiger partial charge in [-0.25, -0.2) is 0 Å². The molecule has 1 aliphatic rings. The Morgan fingerprint density at radius 1 is 1.14 bits per heavy atom. The molecule has 4 rings (SSSR count). The van der Waals surface area contributed by atoms with Crippen LogP contribution in [0, 0.1) is 13.8 Å². The van der Waals surface area contributed by atoms with Crippen molar-refractivity contribution in [1.29, 1.82) is 0 Å². The van der Waals surface area contributed by atoms with E-state index in [2.05, 4.69) is 41.6 Å². The Balaban J connectivity index is 1.77. The minimum absolute atomic E-state index is 0.159. The van der Waals surface area contributed by atoms with Crippen LogP contribution in [0.1, 0.15) is 59.3 Å². The fraction of sp³-hybridized carbons (Fsp3) is 0.435.